The summed E-state index contributed by atoms with van der Waals surface area (Å²) in [6.45, 7) is 0. The van der Waals surface area contributed by atoms with Crippen molar-refractivity contribution in [1.82, 2.24) is 5.43 Å². The quantitative estimate of drug-likeness (QED) is 0.480. The summed E-state index contributed by atoms with van der Waals surface area (Å²) in [5.41, 5.74) is 3.77. The second kappa shape index (κ2) is 8.05. The zero-order chi connectivity index (χ0) is 19.2. The molecule has 0 atom stereocenters. The van der Waals surface area contributed by atoms with Gasteiger partial charge in [-0.3, -0.25) is 4.79 Å². The van der Waals surface area contributed by atoms with Crippen LogP contribution >= 0.6 is 0 Å². The molecule has 0 spiro atoms. The van der Waals surface area contributed by atoms with Gasteiger partial charge in [-0.05, 0) is 36.4 Å². The normalized spacial score (nSPS) is 10.1. The van der Waals surface area contributed by atoms with E-state index < -0.39 is 5.91 Å². The van der Waals surface area contributed by atoms with E-state index in [9.17, 15) is 15.0 Å². The molecule has 0 unspecified atom stereocenters. The minimum absolute atomic E-state index is 0.0222. The fourth-order valence-corrected chi connectivity index (χ4v) is 2.61. The van der Waals surface area contributed by atoms with Crippen molar-refractivity contribution >= 4 is 11.6 Å². The number of hydrogen-bond donors (Lipinski definition) is 3. The van der Waals surface area contributed by atoms with Gasteiger partial charge in [-0.25, -0.2) is 5.43 Å². The molecule has 27 heavy (non-hydrogen) atoms. The van der Waals surface area contributed by atoms with Gasteiger partial charge < -0.3 is 14.9 Å². The van der Waals surface area contributed by atoms with Crippen LogP contribution in [0.15, 0.2) is 77.9 Å². The van der Waals surface area contributed by atoms with Crippen LogP contribution in [0.1, 0.15) is 21.5 Å². The average molecular weight is 362 g/mol. The van der Waals surface area contributed by atoms with Crippen LogP contribution < -0.4 is 10.2 Å². The molecule has 0 bridgehead atoms. The Morgan fingerprint density at radius 3 is 1.81 bits per heavy atom. The van der Waals surface area contributed by atoms with Gasteiger partial charge in [-0.1, -0.05) is 36.4 Å². The summed E-state index contributed by atoms with van der Waals surface area (Å²) >= 11 is 0. The number of benzene rings is 3. The maximum absolute atomic E-state index is 12.5. The Bertz CT molecular complexity index is 951. The SMILES string of the molecule is COc1ccccc1C(=O)NN=C(c1ccccc1O)c1ccccc1O. The monoisotopic (exact) mass is 362 g/mol. The van der Waals surface area contributed by atoms with Crippen molar-refractivity contribution in [1.29, 1.82) is 0 Å². The highest BCUT2D eigenvalue weighted by Crippen LogP contribution is 2.25. The third-order valence-corrected chi connectivity index (χ3v) is 3.94. The highest BCUT2D eigenvalue weighted by atomic mass is 16.5. The molecular weight excluding hydrogens is 344 g/mol. The Labute approximate surface area is 156 Å². The Kier molecular flexibility index (Phi) is 5.37. The number of methoxy groups -OCH3 is 1. The number of rotatable bonds is 5. The van der Waals surface area contributed by atoms with Crippen LogP contribution in [0.4, 0.5) is 0 Å². The largest absolute Gasteiger partial charge is 0.507 e. The number of nitrogens with zero attached hydrogens (tertiary/aromatic N) is 1. The second-order valence-electron chi connectivity index (χ2n) is 5.64. The maximum atomic E-state index is 12.5. The molecule has 0 saturated carbocycles. The lowest BCUT2D eigenvalue weighted by atomic mass is 10.0. The van der Waals surface area contributed by atoms with E-state index in [2.05, 4.69) is 10.5 Å². The number of aromatic hydroxyl groups is 2. The molecule has 0 radical (unpaired) electrons. The van der Waals surface area contributed by atoms with Crippen molar-refractivity contribution < 1.29 is 19.7 Å². The Morgan fingerprint density at radius 2 is 1.30 bits per heavy atom. The van der Waals surface area contributed by atoms with Crippen molar-refractivity contribution in [2.75, 3.05) is 7.11 Å². The third-order valence-electron chi connectivity index (χ3n) is 3.94. The second-order valence-corrected chi connectivity index (χ2v) is 5.64. The summed E-state index contributed by atoms with van der Waals surface area (Å²) in [4.78, 5) is 12.5. The molecule has 0 fully saturated rings. The number of nitrogens with one attached hydrogen (secondary N) is 1. The molecule has 0 aromatic heterocycles. The van der Waals surface area contributed by atoms with Crippen molar-refractivity contribution in [3.05, 3.63) is 89.5 Å². The van der Waals surface area contributed by atoms with Crippen LogP contribution in [-0.2, 0) is 0 Å². The minimum Gasteiger partial charge on any atom is -0.507 e. The van der Waals surface area contributed by atoms with Gasteiger partial charge in [0.25, 0.3) is 5.91 Å². The molecule has 3 N–H and O–H groups in total. The van der Waals surface area contributed by atoms with E-state index in [4.69, 9.17) is 4.74 Å². The lowest BCUT2D eigenvalue weighted by molar-refractivity contribution is 0.0952. The van der Waals surface area contributed by atoms with E-state index in [1.165, 1.54) is 19.2 Å². The predicted octanol–water partition coefficient (Wildman–Crippen LogP) is 3.29. The van der Waals surface area contributed by atoms with E-state index in [0.717, 1.165) is 0 Å². The fraction of sp³-hybridized carbons (Fsp3) is 0.0476. The molecule has 1 amide bonds. The highest BCUT2D eigenvalue weighted by Gasteiger charge is 2.16. The number of ether oxygens (including phenoxy) is 1. The number of hydrazone groups is 1. The van der Waals surface area contributed by atoms with E-state index in [1.807, 2.05) is 0 Å². The number of hydrogen-bond acceptors (Lipinski definition) is 5. The summed E-state index contributed by atoms with van der Waals surface area (Å²) < 4.78 is 5.19. The molecule has 3 aromatic carbocycles. The molecule has 136 valence electrons. The van der Waals surface area contributed by atoms with Crippen molar-refractivity contribution in [2.45, 2.75) is 0 Å². The van der Waals surface area contributed by atoms with Crippen LogP contribution in [0.3, 0.4) is 0 Å². The van der Waals surface area contributed by atoms with E-state index in [0.29, 0.717) is 22.4 Å². The zero-order valence-corrected chi connectivity index (χ0v) is 14.6. The summed E-state index contributed by atoms with van der Waals surface area (Å²) in [6, 6.07) is 19.9. The van der Waals surface area contributed by atoms with Gasteiger partial charge in [0, 0.05) is 11.1 Å². The van der Waals surface area contributed by atoms with Gasteiger partial charge in [0.2, 0.25) is 0 Å². The fourth-order valence-electron chi connectivity index (χ4n) is 2.61. The van der Waals surface area contributed by atoms with E-state index >= 15 is 0 Å². The summed E-state index contributed by atoms with van der Waals surface area (Å²) in [5.74, 6) is -0.107. The molecule has 3 aromatic rings. The minimum atomic E-state index is -0.476. The number of para-hydroxylation sites is 3. The van der Waals surface area contributed by atoms with Gasteiger partial charge in [0.15, 0.2) is 0 Å². The topological polar surface area (TPSA) is 91.2 Å². The molecule has 0 heterocycles. The van der Waals surface area contributed by atoms with Crippen LogP contribution in [0.5, 0.6) is 17.2 Å². The highest BCUT2D eigenvalue weighted by molar-refractivity contribution is 6.16. The molecule has 0 aliphatic carbocycles. The smallest absolute Gasteiger partial charge is 0.275 e. The van der Waals surface area contributed by atoms with Gasteiger partial charge in [-0.15, -0.1) is 0 Å². The summed E-state index contributed by atoms with van der Waals surface area (Å²) in [7, 11) is 1.48. The molecule has 6 nitrogen and oxygen atoms in total. The molecule has 6 heteroatoms. The third kappa shape index (κ3) is 3.90. The van der Waals surface area contributed by atoms with Crippen molar-refractivity contribution in [2.24, 2.45) is 5.10 Å². The molecule has 3 rings (SSSR count). The maximum Gasteiger partial charge on any atom is 0.275 e. The van der Waals surface area contributed by atoms with Gasteiger partial charge >= 0.3 is 0 Å². The first-order valence-electron chi connectivity index (χ1n) is 8.19. The predicted molar refractivity (Wildman–Crippen MR) is 102 cm³/mol. The lowest BCUT2D eigenvalue weighted by Gasteiger charge is -2.12. The molecule has 0 aliphatic rings. The van der Waals surface area contributed by atoms with Crippen molar-refractivity contribution in [3.8, 4) is 17.2 Å². The van der Waals surface area contributed by atoms with Gasteiger partial charge in [-0.2, -0.15) is 5.10 Å². The van der Waals surface area contributed by atoms with Gasteiger partial charge in [0.1, 0.15) is 23.0 Å². The first-order chi connectivity index (χ1) is 13.1. The number of carbonyl (C=O) groups is 1. The van der Waals surface area contributed by atoms with Crippen LogP contribution in [0.25, 0.3) is 0 Å². The number of phenolic OH excluding ortho intramolecular Hbond substituents is 2. The van der Waals surface area contributed by atoms with Crippen LogP contribution in [0.2, 0.25) is 0 Å². The van der Waals surface area contributed by atoms with Gasteiger partial charge in [0.05, 0.1) is 12.7 Å². The number of carbonyl (C=O) groups excluding carboxylic acids is 1. The first-order valence-corrected chi connectivity index (χ1v) is 8.19. The molecular formula is C21H18N2O4. The molecule has 0 saturated heterocycles. The summed E-state index contributed by atoms with van der Waals surface area (Å²) in [6.07, 6.45) is 0. The Balaban J connectivity index is 2.02. The number of phenols is 2. The average Bonchev–Trinajstić information content (AvgIpc) is 2.70. The molecule has 0 aliphatic heterocycles. The first kappa shape index (κ1) is 18.0. The van der Waals surface area contributed by atoms with E-state index in [1.54, 1.807) is 60.7 Å². The number of amides is 1. The zero-order valence-electron chi connectivity index (χ0n) is 14.6. The lowest BCUT2D eigenvalue weighted by Crippen LogP contribution is -2.21. The van der Waals surface area contributed by atoms with E-state index in [-0.39, 0.29) is 17.2 Å². The summed E-state index contributed by atoms with van der Waals surface area (Å²) in [5, 5.41) is 24.6. The van der Waals surface area contributed by atoms with Crippen molar-refractivity contribution in [3.63, 3.8) is 0 Å². The van der Waals surface area contributed by atoms with Crippen LogP contribution in [-0.4, -0.2) is 28.9 Å². The van der Waals surface area contributed by atoms with Crippen LogP contribution in [0, 0.1) is 0 Å². The standard InChI is InChI=1S/C21H18N2O4/c1-27-19-13-7-4-10-16(19)21(26)23-22-20(14-8-2-5-11-17(14)24)15-9-3-6-12-18(15)25/h2-13,24-25H,1H3,(H,23,26). The Morgan fingerprint density at radius 1 is 0.815 bits per heavy atom. The Hall–Kier alpha value is -3.80.